The lowest BCUT2D eigenvalue weighted by atomic mass is 9.85. The third-order valence-electron chi connectivity index (χ3n) is 5.07. The molecular weight excluding hydrogens is 270 g/mol. The van der Waals surface area contributed by atoms with Gasteiger partial charge in [0.15, 0.2) is 0 Å². The maximum absolute atomic E-state index is 4.95. The Morgan fingerprint density at radius 1 is 1.23 bits per heavy atom. The smallest absolute Gasteiger partial charge is 0.0734 e. The van der Waals surface area contributed by atoms with Gasteiger partial charge in [-0.3, -0.25) is 9.89 Å². The molecule has 0 bridgehead atoms. The number of likely N-dealkylation sites (tertiary alicyclic amines) is 1. The number of allylic oxidation sites excluding steroid dienone is 1. The van der Waals surface area contributed by atoms with E-state index in [1.165, 1.54) is 37.0 Å². The lowest BCUT2D eigenvalue weighted by molar-refractivity contribution is 0.208. The van der Waals surface area contributed by atoms with Crippen LogP contribution in [0.15, 0.2) is 28.5 Å². The molecule has 22 heavy (non-hydrogen) atoms. The zero-order chi connectivity index (χ0) is 16.3. The molecule has 1 N–H and O–H groups in total. The Bertz CT molecular complexity index is 479. The van der Waals surface area contributed by atoms with Crippen molar-refractivity contribution in [3.8, 4) is 0 Å². The quantitative estimate of drug-likeness (QED) is 0.789. The van der Waals surface area contributed by atoms with Crippen molar-refractivity contribution in [3.05, 3.63) is 23.5 Å². The van der Waals surface area contributed by atoms with E-state index >= 15 is 0 Å². The van der Waals surface area contributed by atoms with Crippen molar-refractivity contribution in [3.63, 3.8) is 0 Å². The molecule has 0 aromatic rings. The van der Waals surface area contributed by atoms with E-state index in [2.05, 4.69) is 64.2 Å². The molecule has 2 heterocycles. The topological polar surface area (TPSA) is 27.6 Å². The van der Waals surface area contributed by atoms with Crippen molar-refractivity contribution in [2.75, 3.05) is 13.6 Å². The Morgan fingerprint density at radius 3 is 2.59 bits per heavy atom. The summed E-state index contributed by atoms with van der Waals surface area (Å²) in [6, 6.07) is 1.07. The number of rotatable bonds is 1. The van der Waals surface area contributed by atoms with Crippen LogP contribution in [0.4, 0.5) is 0 Å². The summed E-state index contributed by atoms with van der Waals surface area (Å²) in [5.41, 5.74) is 3.91. The lowest BCUT2D eigenvalue weighted by Gasteiger charge is -2.32. The van der Waals surface area contributed by atoms with Crippen LogP contribution in [-0.4, -0.2) is 36.3 Å². The van der Waals surface area contributed by atoms with Crippen LogP contribution >= 0.6 is 0 Å². The fourth-order valence-corrected chi connectivity index (χ4v) is 3.34. The molecule has 2 unspecified atom stereocenters. The van der Waals surface area contributed by atoms with Crippen LogP contribution in [0.3, 0.4) is 0 Å². The molecule has 0 aromatic carbocycles. The Labute approximate surface area is 136 Å². The van der Waals surface area contributed by atoms with Crippen molar-refractivity contribution in [2.45, 2.75) is 72.4 Å². The summed E-state index contributed by atoms with van der Waals surface area (Å²) >= 11 is 0. The number of likely N-dealkylation sites (N-methyl/N-ethyl adjacent to an activating group) is 1. The lowest BCUT2D eigenvalue weighted by Crippen LogP contribution is -2.39. The van der Waals surface area contributed by atoms with E-state index in [1.54, 1.807) is 0 Å². The highest BCUT2D eigenvalue weighted by Gasteiger charge is 2.26. The second kappa shape index (κ2) is 6.99. The maximum Gasteiger partial charge on any atom is 0.0734 e. The predicted octanol–water partition coefficient (Wildman–Crippen LogP) is 4.13. The van der Waals surface area contributed by atoms with Gasteiger partial charge in [-0.1, -0.05) is 33.6 Å². The average Bonchev–Trinajstić information content (AvgIpc) is 2.55. The molecule has 0 saturated carbocycles. The fourth-order valence-electron chi connectivity index (χ4n) is 3.34. The van der Waals surface area contributed by atoms with Gasteiger partial charge in [-0.25, -0.2) is 0 Å². The number of hydrogen-bond acceptors (Lipinski definition) is 3. The van der Waals surface area contributed by atoms with Crippen LogP contribution < -0.4 is 5.32 Å². The number of nitrogens with zero attached hydrogens (tertiary/aromatic N) is 2. The molecule has 3 heteroatoms. The molecule has 0 aromatic heterocycles. The zero-order valence-electron chi connectivity index (χ0n) is 15.2. The van der Waals surface area contributed by atoms with Crippen LogP contribution in [0.1, 0.15) is 60.3 Å². The van der Waals surface area contributed by atoms with Crippen LogP contribution in [0.25, 0.3) is 0 Å². The third-order valence-corrected chi connectivity index (χ3v) is 5.07. The number of hydrogen-bond donors (Lipinski definition) is 1. The molecule has 0 radical (unpaired) electrons. The van der Waals surface area contributed by atoms with E-state index in [4.69, 9.17) is 4.99 Å². The summed E-state index contributed by atoms with van der Waals surface area (Å²) < 4.78 is 0. The van der Waals surface area contributed by atoms with E-state index in [-0.39, 0.29) is 5.41 Å². The molecule has 1 fully saturated rings. The third kappa shape index (κ3) is 4.22. The van der Waals surface area contributed by atoms with Crippen molar-refractivity contribution in [2.24, 2.45) is 10.4 Å². The highest BCUT2D eigenvalue weighted by atomic mass is 15.2. The first-order chi connectivity index (χ1) is 10.3. The van der Waals surface area contributed by atoms with E-state index in [0.717, 1.165) is 12.3 Å². The molecule has 0 aliphatic carbocycles. The maximum atomic E-state index is 4.95. The minimum absolute atomic E-state index is 0.183. The molecule has 124 valence electrons. The monoisotopic (exact) mass is 303 g/mol. The van der Waals surface area contributed by atoms with Crippen LogP contribution in [0.5, 0.6) is 0 Å². The average molecular weight is 303 g/mol. The fraction of sp³-hybridized carbons (Fsp3) is 0.737. The largest absolute Gasteiger partial charge is 0.386 e. The highest BCUT2D eigenvalue weighted by Crippen LogP contribution is 2.28. The second-order valence-electron chi connectivity index (χ2n) is 7.94. The molecule has 2 aliphatic rings. The van der Waals surface area contributed by atoms with E-state index < -0.39 is 0 Å². The molecule has 0 spiro atoms. The number of nitrogens with one attached hydrogen (secondary N) is 1. The summed E-state index contributed by atoms with van der Waals surface area (Å²) in [5.74, 6) is 0. The van der Waals surface area contributed by atoms with E-state index in [9.17, 15) is 0 Å². The predicted molar refractivity (Wildman–Crippen MR) is 96.2 cm³/mol. The Morgan fingerprint density at radius 2 is 1.91 bits per heavy atom. The summed E-state index contributed by atoms with van der Waals surface area (Å²) in [4.78, 5) is 7.45. The summed E-state index contributed by atoms with van der Waals surface area (Å²) in [7, 11) is 2.25. The van der Waals surface area contributed by atoms with Gasteiger partial charge in [-0.2, -0.15) is 0 Å². The van der Waals surface area contributed by atoms with Crippen LogP contribution in [0.2, 0.25) is 0 Å². The molecule has 2 rings (SSSR count). The van der Waals surface area contributed by atoms with Gasteiger partial charge in [0.25, 0.3) is 0 Å². The van der Waals surface area contributed by atoms with Gasteiger partial charge in [-0.05, 0) is 50.8 Å². The van der Waals surface area contributed by atoms with Crippen molar-refractivity contribution in [1.82, 2.24) is 10.2 Å². The summed E-state index contributed by atoms with van der Waals surface area (Å²) in [6.45, 7) is 12.2. The standard InChI is InChI=1S/C19H33N3/c1-14-11-16(19(3,4)5)12-20-13-17(21-14)18-10-8-7-9-15(2)22(18)6/h11,13,15,18,20H,7-10,12H2,1-6H3/b16-11+,17-13-,21-14+. The molecule has 2 aliphatic heterocycles. The van der Waals surface area contributed by atoms with Crippen molar-refractivity contribution < 1.29 is 0 Å². The first-order valence-corrected chi connectivity index (χ1v) is 8.71. The van der Waals surface area contributed by atoms with Crippen molar-refractivity contribution >= 4 is 5.71 Å². The zero-order valence-corrected chi connectivity index (χ0v) is 15.2. The van der Waals surface area contributed by atoms with Crippen molar-refractivity contribution in [1.29, 1.82) is 0 Å². The second-order valence-corrected chi connectivity index (χ2v) is 7.94. The van der Waals surface area contributed by atoms with Gasteiger partial charge in [0, 0.05) is 24.5 Å². The molecule has 3 nitrogen and oxygen atoms in total. The van der Waals surface area contributed by atoms with E-state index in [1.807, 2.05) is 0 Å². The Hall–Kier alpha value is -1.09. The minimum Gasteiger partial charge on any atom is -0.386 e. The first kappa shape index (κ1) is 17.3. The number of aliphatic imine (C=N–C) groups is 1. The van der Waals surface area contributed by atoms with Gasteiger partial charge >= 0.3 is 0 Å². The highest BCUT2D eigenvalue weighted by molar-refractivity contribution is 5.94. The van der Waals surface area contributed by atoms with Gasteiger partial charge in [0.2, 0.25) is 0 Å². The summed E-state index contributed by atoms with van der Waals surface area (Å²) in [5, 5.41) is 3.50. The first-order valence-electron chi connectivity index (χ1n) is 8.71. The van der Waals surface area contributed by atoms with Crippen LogP contribution in [-0.2, 0) is 0 Å². The Balaban J connectivity index is 2.25. The molecule has 2 atom stereocenters. The minimum atomic E-state index is 0.183. The van der Waals surface area contributed by atoms with Crippen LogP contribution in [0, 0.1) is 5.41 Å². The summed E-state index contributed by atoms with van der Waals surface area (Å²) in [6.07, 6.45) is 9.56. The molecule has 1 saturated heterocycles. The van der Waals surface area contributed by atoms with E-state index in [0.29, 0.717) is 12.1 Å². The molecular formula is C19H33N3. The molecule has 0 amide bonds. The SMILES string of the molecule is CC1=N\C(C2CCCCC(C)N2C)=C/NC/C(C(C)(C)C)=C\1. The Kier molecular flexibility index (Phi) is 5.49. The van der Waals surface area contributed by atoms with Gasteiger partial charge in [-0.15, -0.1) is 0 Å². The van der Waals surface area contributed by atoms with Gasteiger partial charge < -0.3 is 5.32 Å². The normalized spacial score (nSPS) is 35.6. The van der Waals surface area contributed by atoms with Gasteiger partial charge in [0.1, 0.15) is 0 Å². The van der Waals surface area contributed by atoms with Gasteiger partial charge in [0.05, 0.1) is 11.7 Å².